The number of hydrogen-bond donors (Lipinski definition) is 0. The summed E-state index contributed by atoms with van der Waals surface area (Å²) in [5, 5.41) is 9.45. The van der Waals surface area contributed by atoms with Gasteiger partial charge in [-0.1, -0.05) is 0 Å². The SMILES string of the molecule is N#CC1=C(N2CCC3(CC2)CC(F)(F)C3)c2ccncc2CC1=O. The van der Waals surface area contributed by atoms with Gasteiger partial charge in [0.2, 0.25) is 5.92 Å². The summed E-state index contributed by atoms with van der Waals surface area (Å²) in [5.41, 5.74) is 2.28. The molecular formula is C18H17F2N3O. The molecule has 2 fully saturated rings. The molecule has 3 aliphatic rings. The van der Waals surface area contributed by atoms with Crippen LogP contribution in [0.25, 0.3) is 5.70 Å². The molecule has 1 aromatic rings. The van der Waals surface area contributed by atoms with Crippen LogP contribution in [0.15, 0.2) is 24.0 Å². The highest BCUT2D eigenvalue weighted by Gasteiger charge is 2.56. The normalized spacial score (nSPS) is 24.4. The van der Waals surface area contributed by atoms with Gasteiger partial charge in [-0.25, -0.2) is 8.78 Å². The van der Waals surface area contributed by atoms with E-state index in [1.165, 1.54) is 0 Å². The van der Waals surface area contributed by atoms with Crippen LogP contribution >= 0.6 is 0 Å². The van der Waals surface area contributed by atoms with Crippen LogP contribution in [-0.2, 0) is 11.2 Å². The van der Waals surface area contributed by atoms with Crippen LogP contribution in [0.4, 0.5) is 8.78 Å². The fourth-order valence-corrected chi connectivity index (χ4v) is 4.37. The molecule has 0 N–H and O–H groups in total. The van der Waals surface area contributed by atoms with Crippen LogP contribution in [0, 0.1) is 16.7 Å². The first-order chi connectivity index (χ1) is 11.4. The van der Waals surface area contributed by atoms with Gasteiger partial charge in [0.25, 0.3) is 0 Å². The number of Topliss-reactive ketones (excluding diaryl/α,β-unsaturated/α-hetero) is 1. The Morgan fingerprint density at radius 2 is 1.96 bits per heavy atom. The van der Waals surface area contributed by atoms with Crippen molar-refractivity contribution in [3.63, 3.8) is 0 Å². The lowest BCUT2D eigenvalue weighted by molar-refractivity contribution is -0.175. The maximum atomic E-state index is 13.3. The highest BCUT2D eigenvalue weighted by atomic mass is 19.3. The Kier molecular flexibility index (Phi) is 3.24. The van der Waals surface area contributed by atoms with E-state index in [4.69, 9.17) is 0 Å². The summed E-state index contributed by atoms with van der Waals surface area (Å²) in [7, 11) is 0. The van der Waals surface area contributed by atoms with Crippen molar-refractivity contribution in [1.82, 2.24) is 9.88 Å². The van der Waals surface area contributed by atoms with Crippen LogP contribution in [0.1, 0.15) is 36.8 Å². The van der Waals surface area contributed by atoms with Gasteiger partial charge >= 0.3 is 0 Å². The standard InChI is InChI=1S/C18H17F2N3O/c19-18(20)10-17(11-18)2-5-23(6-3-17)16-13-1-4-22-9-12(13)7-15(24)14(16)8-21/h1,4,9H,2-3,5-7,10-11H2. The summed E-state index contributed by atoms with van der Waals surface area (Å²) in [6.45, 7) is 1.21. The summed E-state index contributed by atoms with van der Waals surface area (Å²) in [6, 6.07) is 3.88. The number of nitrogens with zero attached hydrogens (tertiary/aromatic N) is 3. The number of allylic oxidation sites excluding steroid dienone is 1. The number of likely N-dealkylation sites (tertiary alicyclic amines) is 1. The second kappa shape index (κ2) is 5.10. The molecule has 1 spiro atoms. The van der Waals surface area contributed by atoms with Gasteiger partial charge in [0, 0.05) is 50.3 Å². The van der Waals surface area contributed by atoms with Gasteiger partial charge < -0.3 is 4.90 Å². The second-order valence-corrected chi connectivity index (χ2v) is 7.16. The van der Waals surface area contributed by atoms with E-state index in [1.807, 2.05) is 11.0 Å². The van der Waals surface area contributed by atoms with Crippen LogP contribution in [0.3, 0.4) is 0 Å². The van der Waals surface area contributed by atoms with E-state index in [-0.39, 0.29) is 36.0 Å². The van der Waals surface area contributed by atoms with E-state index in [0.717, 1.165) is 11.1 Å². The number of aromatic nitrogens is 1. The van der Waals surface area contributed by atoms with E-state index >= 15 is 0 Å². The average molecular weight is 329 g/mol. The zero-order valence-electron chi connectivity index (χ0n) is 13.2. The van der Waals surface area contributed by atoms with Crippen molar-refractivity contribution < 1.29 is 13.6 Å². The zero-order valence-corrected chi connectivity index (χ0v) is 13.2. The Labute approximate surface area is 138 Å². The molecule has 0 radical (unpaired) electrons. The number of nitriles is 1. The van der Waals surface area contributed by atoms with E-state index in [1.54, 1.807) is 12.4 Å². The molecule has 0 amide bonds. The van der Waals surface area contributed by atoms with E-state index in [2.05, 4.69) is 11.1 Å². The zero-order chi connectivity index (χ0) is 16.9. The number of hydrogen-bond acceptors (Lipinski definition) is 4. The number of carbonyl (C=O) groups excluding carboxylic acids is 1. The van der Waals surface area contributed by atoms with E-state index in [0.29, 0.717) is 31.6 Å². The van der Waals surface area contributed by atoms with E-state index < -0.39 is 5.92 Å². The molecule has 1 aromatic heterocycles. The first-order valence-electron chi connectivity index (χ1n) is 8.17. The predicted molar refractivity (Wildman–Crippen MR) is 82.9 cm³/mol. The van der Waals surface area contributed by atoms with Crippen molar-refractivity contribution in [1.29, 1.82) is 5.26 Å². The van der Waals surface area contributed by atoms with Gasteiger partial charge in [0.15, 0.2) is 5.78 Å². The third-order valence-corrected chi connectivity index (χ3v) is 5.54. The number of halogens is 2. The number of ketones is 1. The first-order valence-corrected chi connectivity index (χ1v) is 8.17. The summed E-state index contributed by atoms with van der Waals surface area (Å²) in [6.07, 6.45) is 4.81. The largest absolute Gasteiger partial charge is 0.370 e. The molecule has 0 unspecified atom stereocenters. The third-order valence-electron chi connectivity index (χ3n) is 5.54. The molecule has 24 heavy (non-hydrogen) atoms. The van der Waals surface area contributed by atoms with E-state index in [9.17, 15) is 18.8 Å². The smallest absolute Gasteiger partial charge is 0.249 e. The molecule has 0 bridgehead atoms. The number of carbonyl (C=O) groups is 1. The molecule has 1 saturated carbocycles. The van der Waals surface area contributed by atoms with Crippen molar-refractivity contribution in [2.24, 2.45) is 5.41 Å². The van der Waals surface area contributed by atoms with Gasteiger partial charge in [0.1, 0.15) is 11.6 Å². The minimum atomic E-state index is -2.52. The second-order valence-electron chi connectivity index (χ2n) is 7.16. The summed E-state index contributed by atoms with van der Waals surface area (Å²) in [5.74, 6) is -2.71. The topological polar surface area (TPSA) is 57.0 Å². The Hall–Kier alpha value is -2.29. The molecular weight excluding hydrogens is 312 g/mol. The highest BCUT2D eigenvalue weighted by molar-refractivity contribution is 6.09. The molecule has 2 aliphatic carbocycles. The fraction of sp³-hybridized carbons (Fsp3) is 0.500. The molecule has 6 heteroatoms. The van der Waals surface area contributed by atoms with Gasteiger partial charge in [-0.2, -0.15) is 5.26 Å². The van der Waals surface area contributed by atoms with Gasteiger partial charge in [-0.15, -0.1) is 0 Å². The summed E-state index contributed by atoms with van der Waals surface area (Å²) in [4.78, 5) is 18.4. The molecule has 2 heterocycles. The van der Waals surface area contributed by atoms with Crippen molar-refractivity contribution in [2.75, 3.05) is 13.1 Å². The quantitative estimate of drug-likeness (QED) is 0.795. The molecule has 1 saturated heterocycles. The third kappa shape index (κ3) is 2.31. The van der Waals surface area contributed by atoms with Crippen molar-refractivity contribution in [3.05, 3.63) is 35.2 Å². The fourth-order valence-electron chi connectivity index (χ4n) is 4.37. The lowest BCUT2D eigenvalue weighted by Crippen LogP contribution is -2.52. The molecule has 1 aliphatic heterocycles. The summed E-state index contributed by atoms with van der Waals surface area (Å²) < 4.78 is 26.5. The monoisotopic (exact) mass is 329 g/mol. The number of alkyl halides is 2. The number of fused-ring (bicyclic) bond motifs is 1. The Morgan fingerprint density at radius 1 is 1.25 bits per heavy atom. The highest BCUT2D eigenvalue weighted by Crippen LogP contribution is 2.57. The van der Waals surface area contributed by atoms with Crippen LogP contribution < -0.4 is 0 Å². The van der Waals surface area contributed by atoms with Crippen LogP contribution in [0.5, 0.6) is 0 Å². The van der Waals surface area contributed by atoms with Gasteiger partial charge in [0.05, 0.1) is 5.70 Å². The van der Waals surface area contributed by atoms with Crippen molar-refractivity contribution >= 4 is 11.5 Å². The number of rotatable bonds is 1. The Balaban J connectivity index is 1.63. The molecule has 0 aromatic carbocycles. The van der Waals surface area contributed by atoms with Crippen molar-refractivity contribution in [3.8, 4) is 6.07 Å². The maximum Gasteiger partial charge on any atom is 0.249 e. The maximum absolute atomic E-state index is 13.3. The predicted octanol–water partition coefficient (Wildman–Crippen LogP) is 2.95. The lowest BCUT2D eigenvalue weighted by atomic mass is 9.61. The Bertz CT molecular complexity index is 776. The van der Waals surface area contributed by atoms with Crippen LogP contribution in [0.2, 0.25) is 0 Å². The lowest BCUT2D eigenvalue weighted by Gasteiger charge is -2.52. The minimum absolute atomic E-state index is 0.0303. The van der Waals surface area contributed by atoms with Gasteiger partial charge in [-0.3, -0.25) is 9.78 Å². The number of pyridine rings is 1. The molecule has 0 atom stereocenters. The van der Waals surface area contributed by atoms with Gasteiger partial charge in [-0.05, 0) is 29.9 Å². The first kappa shape index (κ1) is 15.3. The van der Waals surface area contributed by atoms with Crippen molar-refractivity contribution in [2.45, 2.75) is 38.0 Å². The minimum Gasteiger partial charge on any atom is -0.370 e. The molecule has 4 nitrogen and oxygen atoms in total. The van der Waals surface area contributed by atoms with Crippen LogP contribution in [-0.4, -0.2) is 34.7 Å². The number of piperidine rings is 1. The average Bonchev–Trinajstić information content (AvgIpc) is 2.52. The summed E-state index contributed by atoms with van der Waals surface area (Å²) >= 11 is 0. The Morgan fingerprint density at radius 3 is 2.58 bits per heavy atom. The molecule has 124 valence electrons. The molecule has 4 rings (SSSR count).